The van der Waals surface area contributed by atoms with Gasteiger partial charge >= 0.3 is 0 Å². The zero-order chi connectivity index (χ0) is 10.4. The molecule has 1 aliphatic heterocycles. The van der Waals surface area contributed by atoms with Crippen molar-refractivity contribution < 1.29 is 13.9 Å². The summed E-state index contributed by atoms with van der Waals surface area (Å²) in [6, 6.07) is 1.19. The lowest BCUT2D eigenvalue weighted by molar-refractivity contribution is 0.116. The van der Waals surface area contributed by atoms with Gasteiger partial charge in [-0.3, -0.25) is 0 Å². The fourth-order valence-corrected chi connectivity index (χ4v) is 3.36. The first-order valence-electron chi connectivity index (χ1n) is 5.47. The van der Waals surface area contributed by atoms with E-state index >= 15 is 0 Å². The van der Waals surface area contributed by atoms with E-state index in [1.807, 2.05) is 0 Å². The topological polar surface area (TPSA) is 31.0 Å². The second kappa shape index (κ2) is 7.56. The van der Waals surface area contributed by atoms with Gasteiger partial charge in [-0.25, -0.2) is 0 Å². The Balaban J connectivity index is 0.00000196. The van der Waals surface area contributed by atoms with Gasteiger partial charge in [-0.1, -0.05) is 0 Å². The number of hydrogen-bond acceptors (Lipinski definition) is 3. The zero-order valence-corrected chi connectivity index (χ0v) is 10.5. The Labute approximate surface area is 98.6 Å². The van der Waals surface area contributed by atoms with Gasteiger partial charge in [-0.15, -0.1) is 0 Å². The molecule has 5 heteroatoms. The minimum Gasteiger partial charge on any atom is -0.418 e. The normalized spacial score (nSPS) is 19.8. The van der Waals surface area contributed by atoms with Gasteiger partial charge in [-0.2, -0.15) is 0 Å². The molecule has 0 aromatic rings. The van der Waals surface area contributed by atoms with E-state index in [1.54, 1.807) is 0 Å². The maximum atomic E-state index is 5.73. The van der Waals surface area contributed by atoms with E-state index in [-0.39, 0.29) is 11.0 Å². The molecule has 92 valence electrons. The summed E-state index contributed by atoms with van der Waals surface area (Å²) in [5, 5.41) is 0. The highest BCUT2D eigenvalue weighted by atomic mass is 28.4. The molecule has 1 atom stereocenters. The summed E-state index contributed by atoms with van der Waals surface area (Å²) < 4.78 is 16.3. The lowest BCUT2D eigenvalue weighted by Crippen LogP contribution is -2.30. The monoisotopic (exact) mass is 250 g/mol. The summed E-state index contributed by atoms with van der Waals surface area (Å²) in [7, 11) is -1.38. The van der Waals surface area contributed by atoms with Gasteiger partial charge in [0, 0.05) is 13.2 Å². The molecule has 3 nitrogen and oxygen atoms in total. The molecule has 0 aromatic carbocycles. The van der Waals surface area contributed by atoms with Crippen LogP contribution in [-0.2, 0) is 13.9 Å². The third-order valence-corrected chi connectivity index (χ3v) is 4.94. The van der Waals surface area contributed by atoms with Crippen LogP contribution in [0.2, 0.25) is 19.1 Å². The lowest BCUT2D eigenvalue weighted by atomic mass is 10.5. The molecule has 0 spiro atoms. The van der Waals surface area contributed by atoms with Crippen molar-refractivity contribution in [3.8, 4) is 0 Å². The summed E-state index contributed by atoms with van der Waals surface area (Å²) in [5.41, 5.74) is 0. The summed E-state index contributed by atoms with van der Waals surface area (Å²) in [6.45, 7) is 9.95. The molecule has 0 amide bonds. The van der Waals surface area contributed by atoms with Crippen LogP contribution >= 0.6 is 0 Å². The molecule has 0 radical (unpaired) electrons. The molecular formula is C10H26O3Si2. The summed E-state index contributed by atoms with van der Waals surface area (Å²) in [6.07, 6.45) is 1.51. The quantitative estimate of drug-likeness (QED) is 0.359. The predicted molar refractivity (Wildman–Crippen MR) is 70.4 cm³/mol. The Morgan fingerprint density at radius 1 is 1.40 bits per heavy atom. The van der Waals surface area contributed by atoms with Gasteiger partial charge in [0.2, 0.25) is 0 Å². The van der Waals surface area contributed by atoms with Gasteiger partial charge < -0.3 is 13.9 Å². The number of rotatable bonds is 8. The summed E-state index contributed by atoms with van der Waals surface area (Å²) in [5.74, 6) is 0. The highest BCUT2D eigenvalue weighted by molar-refractivity contribution is 6.71. The first-order valence-corrected chi connectivity index (χ1v) is 8.59. The van der Waals surface area contributed by atoms with Crippen molar-refractivity contribution in [1.82, 2.24) is 0 Å². The molecule has 0 aromatic heterocycles. The number of hydrogen-bond donors (Lipinski definition) is 0. The van der Waals surface area contributed by atoms with Crippen molar-refractivity contribution in [3.63, 3.8) is 0 Å². The van der Waals surface area contributed by atoms with Crippen molar-refractivity contribution in [3.05, 3.63) is 0 Å². The Morgan fingerprint density at radius 2 is 2.07 bits per heavy atom. The van der Waals surface area contributed by atoms with E-state index in [4.69, 9.17) is 13.9 Å². The van der Waals surface area contributed by atoms with Gasteiger partial charge in [0.25, 0.3) is 0 Å². The van der Waals surface area contributed by atoms with Crippen molar-refractivity contribution in [2.75, 3.05) is 26.4 Å². The van der Waals surface area contributed by atoms with Crippen LogP contribution in [0.4, 0.5) is 0 Å². The fourth-order valence-electron chi connectivity index (χ4n) is 1.44. The van der Waals surface area contributed by atoms with Crippen molar-refractivity contribution in [2.24, 2.45) is 0 Å². The Hall–Kier alpha value is 0.314. The summed E-state index contributed by atoms with van der Waals surface area (Å²) >= 11 is 0. The van der Waals surface area contributed by atoms with Gasteiger partial charge in [0.15, 0.2) is 8.32 Å². The Kier molecular flexibility index (Phi) is 7.72. The maximum Gasteiger partial charge on any atom is 0.186 e. The van der Waals surface area contributed by atoms with E-state index in [0.29, 0.717) is 6.10 Å². The van der Waals surface area contributed by atoms with Crippen LogP contribution in [0.3, 0.4) is 0 Å². The molecule has 0 bridgehead atoms. The van der Waals surface area contributed by atoms with E-state index < -0.39 is 8.32 Å². The highest BCUT2D eigenvalue weighted by Gasteiger charge is 2.23. The minimum atomic E-state index is -1.38. The Morgan fingerprint density at radius 3 is 2.60 bits per heavy atom. The first-order chi connectivity index (χ1) is 6.64. The average Bonchev–Trinajstić information content (AvgIpc) is 2.87. The van der Waals surface area contributed by atoms with E-state index in [0.717, 1.165) is 32.8 Å². The van der Waals surface area contributed by atoms with Gasteiger partial charge in [-0.05, 0) is 43.4 Å². The van der Waals surface area contributed by atoms with Crippen molar-refractivity contribution in [2.45, 2.75) is 38.6 Å². The standard InChI is InChI=1S/C10H22O3Si.H4Si/c1-4-13-14(2,3)7-5-6-11-8-10-9-12-10;/h10H,4-9H2,1-3H3;1H4. The molecule has 0 saturated carbocycles. The van der Waals surface area contributed by atoms with Crippen LogP contribution in [-0.4, -0.2) is 51.8 Å². The second-order valence-corrected chi connectivity index (χ2v) is 8.63. The van der Waals surface area contributed by atoms with Crippen LogP contribution in [0, 0.1) is 0 Å². The molecule has 1 unspecified atom stereocenters. The smallest absolute Gasteiger partial charge is 0.186 e. The van der Waals surface area contributed by atoms with Crippen molar-refractivity contribution in [1.29, 1.82) is 0 Å². The zero-order valence-electron chi connectivity index (χ0n) is 9.54. The first kappa shape index (κ1) is 15.3. The van der Waals surface area contributed by atoms with Crippen LogP contribution in [0.1, 0.15) is 13.3 Å². The average molecular weight is 250 g/mol. The van der Waals surface area contributed by atoms with Gasteiger partial charge in [0.1, 0.15) is 6.10 Å². The third kappa shape index (κ3) is 8.16. The van der Waals surface area contributed by atoms with Crippen LogP contribution in [0.25, 0.3) is 0 Å². The van der Waals surface area contributed by atoms with E-state index in [1.165, 1.54) is 6.04 Å². The van der Waals surface area contributed by atoms with Crippen LogP contribution < -0.4 is 0 Å². The Bertz CT molecular complexity index is 161. The molecule has 1 aliphatic rings. The fraction of sp³-hybridized carbons (Fsp3) is 1.00. The SMILES string of the molecule is CCO[Si](C)(C)CCCOCC1CO1.[SiH4]. The van der Waals surface area contributed by atoms with Gasteiger partial charge in [0.05, 0.1) is 13.2 Å². The van der Waals surface area contributed by atoms with E-state index in [2.05, 4.69) is 20.0 Å². The van der Waals surface area contributed by atoms with Crippen molar-refractivity contribution >= 4 is 19.3 Å². The largest absolute Gasteiger partial charge is 0.418 e. The molecular weight excluding hydrogens is 224 g/mol. The molecule has 15 heavy (non-hydrogen) atoms. The molecule has 1 fully saturated rings. The second-order valence-electron chi connectivity index (χ2n) is 4.33. The molecule has 1 rings (SSSR count). The molecule has 1 saturated heterocycles. The lowest BCUT2D eigenvalue weighted by Gasteiger charge is -2.21. The van der Waals surface area contributed by atoms with E-state index in [9.17, 15) is 0 Å². The third-order valence-electron chi connectivity index (χ3n) is 2.31. The predicted octanol–water partition coefficient (Wildman–Crippen LogP) is 0.582. The maximum absolute atomic E-state index is 5.73. The molecule has 0 N–H and O–H groups in total. The summed E-state index contributed by atoms with van der Waals surface area (Å²) in [4.78, 5) is 0. The van der Waals surface area contributed by atoms with Crippen LogP contribution in [0.5, 0.6) is 0 Å². The van der Waals surface area contributed by atoms with Crippen LogP contribution in [0.15, 0.2) is 0 Å². The minimum absolute atomic E-state index is 0. The molecule has 1 heterocycles. The highest BCUT2D eigenvalue weighted by Crippen LogP contribution is 2.14. The number of ether oxygens (including phenoxy) is 2. The number of epoxide rings is 1. The molecule has 0 aliphatic carbocycles.